The molecule has 1 aromatic carbocycles. The number of ether oxygens (including phenoxy) is 3. The molecule has 0 aliphatic rings. The monoisotopic (exact) mass is 375 g/mol. The molecule has 3 aromatic rings. The molecule has 0 fully saturated rings. The van der Waals surface area contributed by atoms with E-state index < -0.39 is 24.0 Å². The zero-order chi connectivity index (χ0) is 19.4. The van der Waals surface area contributed by atoms with Crippen molar-refractivity contribution in [1.29, 1.82) is 0 Å². The summed E-state index contributed by atoms with van der Waals surface area (Å²) < 4.78 is 43.6. The van der Waals surface area contributed by atoms with E-state index in [0.717, 1.165) is 0 Å². The summed E-state index contributed by atoms with van der Waals surface area (Å²) in [7, 11) is 2.45. The van der Waals surface area contributed by atoms with E-state index >= 15 is 0 Å². The molecule has 0 saturated heterocycles. The van der Waals surface area contributed by atoms with Crippen molar-refractivity contribution < 1.29 is 27.8 Å². The van der Waals surface area contributed by atoms with Gasteiger partial charge in [0.05, 0.1) is 12.8 Å². The number of hydrogen-bond acceptors (Lipinski definition) is 6. The van der Waals surface area contributed by atoms with E-state index in [9.17, 15) is 13.6 Å². The lowest BCUT2D eigenvalue weighted by molar-refractivity contribution is -0.170. The third kappa shape index (κ3) is 3.93. The molecule has 1 atom stereocenters. The molecule has 2 aromatic heterocycles. The Hall–Kier alpha value is -3.33. The zero-order valence-corrected chi connectivity index (χ0v) is 14.4. The van der Waals surface area contributed by atoms with Gasteiger partial charge in [0.1, 0.15) is 11.5 Å². The molecule has 0 unspecified atom stereocenters. The normalized spacial score (nSPS) is 11.9. The van der Waals surface area contributed by atoms with Crippen molar-refractivity contribution in [2.45, 2.75) is 6.29 Å². The summed E-state index contributed by atoms with van der Waals surface area (Å²) in [4.78, 5) is 15.3. The van der Waals surface area contributed by atoms with Crippen molar-refractivity contribution in [1.82, 2.24) is 14.8 Å². The quantitative estimate of drug-likeness (QED) is 0.375. The summed E-state index contributed by atoms with van der Waals surface area (Å²) in [5, 5.41) is 4.19. The molecule has 0 amide bonds. The summed E-state index contributed by atoms with van der Waals surface area (Å²) in [6, 6.07) is 10.1. The third-order valence-corrected chi connectivity index (χ3v) is 3.63. The van der Waals surface area contributed by atoms with Crippen molar-refractivity contribution in [3.05, 3.63) is 60.4 Å². The summed E-state index contributed by atoms with van der Waals surface area (Å²) >= 11 is 0. The van der Waals surface area contributed by atoms with Crippen molar-refractivity contribution in [2.75, 3.05) is 14.2 Å². The standard InChI is InChI=1S/C18H15F2N3O4/c1-25-17(24)18(26-2)27-16-9-14(11-7-8-15(20)21-10-11)23(22-16)13-6-4-3-5-12(13)19/h3-10,18H,1-2H3/t18-/m1/s1. The highest BCUT2D eigenvalue weighted by atomic mass is 19.1. The molecular weight excluding hydrogens is 360 g/mol. The van der Waals surface area contributed by atoms with Crippen LogP contribution in [0.5, 0.6) is 5.88 Å². The van der Waals surface area contributed by atoms with Gasteiger partial charge in [-0.1, -0.05) is 12.1 Å². The van der Waals surface area contributed by atoms with Crippen LogP contribution in [-0.2, 0) is 14.3 Å². The predicted molar refractivity (Wildman–Crippen MR) is 90.2 cm³/mol. The molecule has 0 aliphatic heterocycles. The first-order valence-electron chi connectivity index (χ1n) is 7.77. The molecule has 0 aliphatic carbocycles. The maximum atomic E-state index is 14.3. The minimum absolute atomic E-state index is 0.0187. The summed E-state index contributed by atoms with van der Waals surface area (Å²) in [5.74, 6) is -1.96. The number of rotatable bonds is 6. The SMILES string of the molecule is COC(=O)[C@H](OC)Oc1cc(-c2ccc(F)nc2)n(-c2ccccc2F)n1. The Bertz CT molecular complexity index is 944. The van der Waals surface area contributed by atoms with Crippen LogP contribution in [-0.4, -0.2) is 41.2 Å². The number of nitrogens with zero attached hydrogens (tertiary/aromatic N) is 3. The molecule has 0 saturated carbocycles. The first-order valence-corrected chi connectivity index (χ1v) is 7.77. The van der Waals surface area contributed by atoms with Gasteiger partial charge in [0.25, 0.3) is 0 Å². The van der Waals surface area contributed by atoms with Crippen LogP contribution in [0.1, 0.15) is 0 Å². The highest BCUT2D eigenvalue weighted by Gasteiger charge is 2.23. The van der Waals surface area contributed by atoms with E-state index in [4.69, 9.17) is 9.47 Å². The van der Waals surface area contributed by atoms with Gasteiger partial charge in [-0.2, -0.15) is 4.39 Å². The Labute approximate surface area is 153 Å². The average Bonchev–Trinajstić information content (AvgIpc) is 3.10. The van der Waals surface area contributed by atoms with Gasteiger partial charge in [-0.25, -0.2) is 18.9 Å². The average molecular weight is 375 g/mol. The number of pyridine rings is 1. The maximum Gasteiger partial charge on any atom is 0.376 e. The highest BCUT2D eigenvalue weighted by Crippen LogP contribution is 2.28. The van der Waals surface area contributed by atoms with Gasteiger partial charge in [-0.15, -0.1) is 5.10 Å². The van der Waals surface area contributed by atoms with E-state index in [1.54, 1.807) is 6.07 Å². The topological polar surface area (TPSA) is 75.5 Å². The molecule has 140 valence electrons. The van der Waals surface area contributed by atoms with E-state index in [2.05, 4.69) is 14.8 Å². The molecular formula is C18H15F2N3O4. The Balaban J connectivity index is 2.07. The lowest BCUT2D eigenvalue weighted by Crippen LogP contribution is -2.30. The number of benzene rings is 1. The van der Waals surface area contributed by atoms with Gasteiger partial charge >= 0.3 is 12.3 Å². The molecule has 9 heteroatoms. The first kappa shape index (κ1) is 18.5. The molecule has 0 bridgehead atoms. The van der Waals surface area contributed by atoms with Crippen molar-refractivity contribution >= 4 is 5.97 Å². The van der Waals surface area contributed by atoms with Gasteiger partial charge in [0.2, 0.25) is 11.8 Å². The minimum Gasteiger partial charge on any atom is -0.464 e. The van der Waals surface area contributed by atoms with Gasteiger partial charge in [0, 0.05) is 24.9 Å². The number of carbonyl (C=O) groups excluding carboxylic acids is 1. The maximum absolute atomic E-state index is 14.3. The molecule has 0 spiro atoms. The lowest BCUT2D eigenvalue weighted by Gasteiger charge is -2.12. The fraction of sp³-hybridized carbons (Fsp3) is 0.167. The van der Waals surface area contributed by atoms with Crippen LogP contribution in [0.25, 0.3) is 16.9 Å². The fourth-order valence-electron chi connectivity index (χ4n) is 2.36. The Morgan fingerprint density at radius 1 is 1.15 bits per heavy atom. The first-order chi connectivity index (χ1) is 13.0. The minimum atomic E-state index is -1.35. The van der Waals surface area contributed by atoms with Gasteiger partial charge < -0.3 is 14.2 Å². The number of aromatic nitrogens is 3. The molecule has 3 rings (SSSR count). The Kier molecular flexibility index (Phi) is 5.41. The van der Waals surface area contributed by atoms with Crippen molar-refractivity contribution in [3.63, 3.8) is 0 Å². The fourth-order valence-corrected chi connectivity index (χ4v) is 2.36. The molecule has 27 heavy (non-hydrogen) atoms. The second-order valence-electron chi connectivity index (χ2n) is 5.31. The van der Waals surface area contributed by atoms with Crippen LogP contribution < -0.4 is 4.74 Å². The third-order valence-electron chi connectivity index (χ3n) is 3.63. The number of para-hydroxylation sites is 1. The number of carbonyl (C=O) groups is 1. The summed E-state index contributed by atoms with van der Waals surface area (Å²) in [6.45, 7) is 0. The predicted octanol–water partition coefficient (Wildman–Crippen LogP) is 2.74. The van der Waals surface area contributed by atoms with Crippen LogP contribution in [0.4, 0.5) is 8.78 Å². The van der Waals surface area contributed by atoms with E-state index in [0.29, 0.717) is 11.3 Å². The number of hydrogen-bond donors (Lipinski definition) is 0. The number of methoxy groups -OCH3 is 2. The second-order valence-corrected chi connectivity index (χ2v) is 5.31. The van der Waals surface area contributed by atoms with Gasteiger partial charge in [0.15, 0.2) is 0 Å². The van der Waals surface area contributed by atoms with Crippen LogP contribution in [0.3, 0.4) is 0 Å². The van der Waals surface area contributed by atoms with E-state index in [1.807, 2.05) is 0 Å². The number of halogens is 2. The van der Waals surface area contributed by atoms with Crippen LogP contribution in [0.15, 0.2) is 48.7 Å². The van der Waals surface area contributed by atoms with Gasteiger partial charge in [-0.3, -0.25) is 0 Å². The zero-order valence-electron chi connectivity index (χ0n) is 14.4. The van der Waals surface area contributed by atoms with Crippen LogP contribution in [0.2, 0.25) is 0 Å². The number of esters is 1. The summed E-state index contributed by atoms with van der Waals surface area (Å²) in [5.41, 5.74) is 0.982. The Morgan fingerprint density at radius 3 is 2.56 bits per heavy atom. The van der Waals surface area contributed by atoms with E-state index in [1.165, 1.54) is 61.5 Å². The Morgan fingerprint density at radius 2 is 1.93 bits per heavy atom. The molecule has 0 radical (unpaired) electrons. The molecule has 0 N–H and O–H groups in total. The highest BCUT2D eigenvalue weighted by molar-refractivity contribution is 5.73. The summed E-state index contributed by atoms with van der Waals surface area (Å²) in [6.07, 6.45) is -0.0696. The lowest BCUT2D eigenvalue weighted by atomic mass is 10.2. The van der Waals surface area contributed by atoms with Crippen molar-refractivity contribution in [3.8, 4) is 22.8 Å². The van der Waals surface area contributed by atoms with Gasteiger partial charge in [-0.05, 0) is 24.3 Å². The largest absolute Gasteiger partial charge is 0.464 e. The van der Waals surface area contributed by atoms with Crippen LogP contribution in [0, 0.1) is 11.8 Å². The molecule has 7 nitrogen and oxygen atoms in total. The van der Waals surface area contributed by atoms with Crippen LogP contribution >= 0.6 is 0 Å². The second kappa shape index (κ2) is 7.92. The molecule has 2 heterocycles. The van der Waals surface area contributed by atoms with E-state index in [-0.39, 0.29) is 11.6 Å². The van der Waals surface area contributed by atoms with Crippen molar-refractivity contribution in [2.24, 2.45) is 0 Å². The smallest absolute Gasteiger partial charge is 0.376 e.